The first kappa shape index (κ1) is 13.6. The van der Waals surface area contributed by atoms with Crippen LogP contribution in [0.3, 0.4) is 0 Å². The van der Waals surface area contributed by atoms with Crippen LogP contribution in [-0.2, 0) is 4.74 Å². The summed E-state index contributed by atoms with van der Waals surface area (Å²) < 4.78 is 6.82. The highest BCUT2D eigenvalue weighted by Gasteiger charge is 2.44. The largest absolute Gasteiger partial charge is 0.394 e. The number of aromatic amines is 1. The lowest BCUT2D eigenvalue weighted by molar-refractivity contribution is -0.0568. The Morgan fingerprint density at radius 2 is 2.20 bits per heavy atom. The van der Waals surface area contributed by atoms with Crippen LogP contribution in [0.2, 0.25) is 0 Å². The molecule has 0 unspecified atom stereocenters. The standard InChI is InChI=1S/C10H11BrN4O5/c11-7-4-8(12-2-13-9(4)19)15(14-7)10-6(18)5(17)3(1-16)20-10/h2-3,5-6,10,16-18H,1H2,(H,12,13,19)/t3-,5-,6-,10-/m1/s1. The summed E-state index contributed by atoms with van der Waals surface area (Å²) in [5.41, 5.74) is -0.185. The number of aliphatic hydroxyl groups is 3. The Balaban J connectivity index is 2.12. The fourth-order valence-electron chi connectivity index (χ4n) is 2.20. The van der Waals surface area contributed by atoms with Crippen LogP contribution in [0.1, 0.15) is 6.23 Å². The lowest BCUT2D eigenvalue weighted by Gasteiger charge is -2.15. The maximum Gasteiger partial charge on any atom is 0.263 e. The van der Waals surface area contributed by atoms with Crippen molar-refractivity contribution < 1.29 is 20.1 Å². The van der Waals surface area contributed by atoms with Crippen molar-refractivity contribution in [2.45, 2.75) is 24.5 Å². The molecule has 0 bridgehead atoms. The van der Waals surface area contributed by atoms with Crippen LogP contribution in [0.25, 0.3) is 11.0 Å². The number of hydrogen-bond acceptors (Lipinski definition) is 7. The third-order valence-electron chi connectivity index (χ3n) is 3.21. The van der Waals surface area contributed by atoms with E-state index in [1.165, 1.54) is 11.0 Å². The number of rotatable bonds is 2. The van der Waals surface area contributed by atoms with Gasteiger partial charge < -0.3 is 25.0 Å². The van der Waals surface area contributed by atoms with Crippen molar-refractivity contribution in [2.24, 2.45) is 0 Å². The lowest BCUT2D eigenvalue weighted by Crippen LogP contribution is -2.33. The zero-order valence-corrected chi connectivity index (χ0v) is 11.6. The Morgan fingerprint density at radius 1 is 1.45 bits per heavy atom. The fraction of sp³-hybridized carbons (Fsp3) is 0.500. The van der Waals surface area contributed by atoms with Crippen LogP contribution >= 0.6 is 15.9 Å². The van der Waals surface area contributed by atoms with Gasteiger partial charge in [0.15, 0.2) is 11.9 Å². The molecule has 0 radical (unpaired) electrons. The minimum Gasteiger partial charge on any atom is -0.394 e. The second-order valence-electron chi connectivity index (χ2n) is 4.39. The molecular weight excluding hydrogens is 336 g/mol. The van der Waals surface area contributed by atoms with E-state index in [1.807, 2.05) is 0 Å². The number of aromatic nitrogens is 4. The SMILES string of the molecule is O=c1[nH]cnc2c1c(Br)nn2[C@@H]1O[C@H](CO)[C@@H](O)[C@H]1O. The molecule has 3 rings (SSSR count). The predicted octanol–water partition coefficient (Wildman–Crippen LogP) is -1.51. The van der Waals surface area contributed by atoms with E-state index in [2.05, 4.69) is 31.0 Å². The topological polar surface area (TPSA) is 133 Å². The van der Waals surface area contributed by atoms with Gasteiger partial charge >= 0.3 is 0 Å². The van der Waals surface area contributed by atoms with Crippen LogP contribution in [0.15, 0.2) is 15.7 Å². The molecule has 0 spiro atoms. The highest BCUT2D eigenvalue weighted by molar-refractivity contribution is 9.10. The van der Waals surface area contributed by atoms with Gasteiger partial charge in [0.05, 0.1) is 12.9 Å². The van der Waals surface area contributed by atoms with Gasteiger partial charge in [-0.3, -0.25) is 4.79 Å². The third kappa shape index (κ3) is 1.88. The monoisotopic (exact) mass is 346 g/mol. The van der Waals surface area contributed by atoms with Gasteiger partial charge in [-0.25, -0.2) is 9.67 Å². The molecule has 9 nitrogen and oxygen atoms in total. The van der Waals surface area contributed by atoms with Gasteiger partial charge in [0.2, 0.25) is 0 Å². The smallest absolute Gasteiger partial charge is 0.263 e. The molecule has 20 heavy (non-hydrogen) atoms. The minimum atomic E-state index is -1.29. The number of ether oxygens (including phenoxy) is 1. The molecule has 2 aromatic heterocycles. The molecule has 1 aliphatic rings. The summed E-state index contributed by atoms with van der Waals surface area (Å²) in [6.45, 7) is -0.441. The summed E-state index contributed by atoms with van der Waals surface area (Å²) in [4.78, 5) is 18.1. The molecule has 1 saturated heterocycles. The Morgan fingerprint density at radius 3 is 2.85 bits per heavy atom. The number of fused-ring (bicyclic) bond motifs is 1. The van der Waals surface area contributed by atoms with E-state index < -0.39 is 31.1 Å². The van der Waals surface area contributed by atoms with E-state index in [0.717, 1.165) is 0 Å². The fourth-order valence-corrected chi connectivity index (χ4v) is 2.73. The first-order valence-corrected chi connectivity index (χ1v) is 6.57. The van der Waals surface area contributed by atoms with Crippen molar-refractivity contribution in [1.82, 2.24) is 19.7 Å². The summed E-state index contributed by atoms with van der Waals surface area (Å²) in [5.74, 6) is 0. The summed E-state index contributed by atoms with van der Waals surface area (Å²) in [7, 11) is 0. The summed E-state index contributed by atoms with van der Waals surface area (Å²) >= 11 is 3.14. The van der Waals surface area contributed by atoms with E-state index in [9.17, 15) is 15.0 Å². The first-order chi connectivity index (χ1) is 9.54. The van der Waals surface area contributed by atoms with Gasteiger partial charge in [0, 0.05) is 0 Å². The van der Waals surface area contributed by atoms with Crippen LogP contribution in [0, 0.1) is 0 Å². The van der Waals surface area contributed by atoms with E-state index in [4.69, 9.17) is 9.84 Å². The van der Waals surface area contributed by atoms with E-state index in [0.29, 0.717) is 0 Å². The first-order valence-electron chi connectivity index (χ1n) is 5.78. The third-order valence-corrected chi connectivity index (χ3v) is 3.77. The van der Waals surface area contributed by atoms with Crippen LogP contribution < -0.4 is 5.56 Å². The molecule has 0 amide bonds. The average Bonchev–Trinajstić information content (AvgIpc) is 2.90. The van der Waals surface area contributed by atoms with E-state index in [-0.39, 0.29) is 21.2 Å². The molecule has 0 aromatic carbocycles. The molecule has 3 heterocycles. The van der Waals surface area contributed by atoms with Crippen LogP contribution in [0.4, 0.5) is 0 Å². The zero-order valence-electron chi connectivity index (χ0n) is 9.97. The highest BCUT2D eigenvalue weighted by atomic mass is 79.9. The zero-order chi connectivity index (χ0) is 14.4. The summed E-state index contributed by atoms with van der Waals surface area (Å²) in [6.07, 6.45) is -3.29. The average molecular weight is 347 g/mol. The Labute approximate surface area is 120 Å². The van der Waals surface area contributed by atoms with Gasteiger partial charge in [-0.15, -0.1) is 0 Å². The quantitative estimate of drug-likeness (QED) is 0.519. The molecule has 0 aliphatic carbocycles. The van der Waals surface area contributed by atoms with Gasteiger partial charge in [0.25, 0.3) is 5.56 Å². The van der Waals surface area contributed by atoms with Crippen molar-refractivity contribution in [2.75, 3.05) is 6.61 Å². The normalized spacial score (nSPS) is 30.2. The number of H-pyrrole nitrogens is 1. The van der Waals surface area contributed by atoms with Gasteiger partial charge in [-0.05, 0) is 15.9 Å². The molecular formula is C10H11BrN4O5. The van der Waals surface area contributed by atoms with E-state index in [1.54, 1.807) is 0 Å². The van der Waals surface area contributed by atoms with Crippen LogP contribution in [0.5, 0.6) is 0 Å². The number of hydrogen-bond donors (Lipinski definition) is 4. The molecule has 108 valence electrons. The molecule has 1 fully saturated rings. The summed E-state index contributed by atoms with van der Waals surface area (Å²) in [5, 5.41) is 33.1. The van der Waals surface area contributed by atoms with Gasteiger partial charge in [-0.1, -0.05) is 0 Å². The minimum absolute atomic E-state index is 0.204. The number of nitrogens with one attached hydrogen (secondary N) is 1. The molecule has 4 N–H and O–H groups in total. The molecule has 10 heteroatoms. The second-order valence-corrected chi connectivity index (χ2v) is 5.15. The summed E-state index contributed by atoms with van der Waals surface area (Å²) in [6, 6.07) is 0. The van der Waals surface area contributed by atoms with Crippen molar-refractivity contribution in [1.29, 1.82) is 0 Å². The lowest BCUT2D eigenvalue weighted by atomic mass is 10.1. The van der Waals surface area contributed by atoms with E-state index >= 15 is 0 Å². The molecule has 1 aliphatic heterocycles. The van der Waals surface area contributed by atoms with Crippen molar-refractivity contribution >= 4 is 27.0 Å². The Bertz CT molecular complexity index is 701. The number of halogens is 1. The highest BCUT2D eigenvalue weighted by Crippen LogP contribution is 2.31. The van der Waals surface area contributed by atoms with Gasteiger partial charge in [0.1, 0.15) is 28.3 Å². The van der Waals surface area contributed by atoms with Crippen LogP contribution in [-0.4, -0.2) is 60.0 Å². The Kier molecular flexibility index (Phi) is 3.34. The Hall–Kier alpha value is -1.33. The molecule has 2 aromatic rings. The number of nitrogens with zero attached hydrogens (tertiary/aromatic N) is 3. The molecule has 0 saturated carbocycles. The van der Waals surface area contributed by atoms with Crippen molar-refractivity contribution in [3.63, 3.8) is 0 Å². The van der Waals surface area contributed by atoms with Crippen molar-refractivity contribution in [3.05, 3.63) is 21.3 Å². The van der Waals surface area contributed by atoms with Crippen molar-refractivity contribution in [3.8, 4) is 0 Å². The molecule has 4 atom stereocenters. The maximum absolute atomic E-state index is 11.7. The maximum atomic E-state index is 11.7. The number of aliphatic hydroxyl groups excluding tert-OH is 3. The van der Waals surface area contributed by atoms with Gasteiger partial charge in [-0.2, -0.15) is 5.10 Å². The second kappa shape index (κ2) is 4.90. The predicted molar refractivity (Wildman–Crippen MR) is 68.9 cm³/mol.